The molecule has 1 fully saturated rings. The predicted molar refractivity (Wildman–Crippen MR) is 107 cm³/mol. The Morgan fingerprint density at radius 3 is 2.50 bits per heavy atom. The molecule has 2 aromatic rings. The van der Waals surface area contributed by atoms with Gasteiger partial charge in [0, 0.05) is 13.1 Å². The molecule has 0 aromatic heterocycles. The van der Waals surface area contributed by atoms with Crippen molar-refractivity contribution in [3.63, 3.8) is 0 Å². The predicted octanol–water partition coefficient (Wildman–Crippen LogP) is 4.13. The minimum atomic E-state index is -0.751. The summed E-state index contributed by atoms with van der Waals surface area (Å²) in [6.45, 7) is 0. The second kappa shape index (κ2) is 7.74. The van der Waals surface area contributed by atoms with Crippen LogP contribution in [0.1, 0.15) is 5.56 Å². The van der Waals surface area contributed by atoms with E-state index in [4.69, 9.17) is 17.0 Å². The lowest BCUT2D eigenvalue weighted by atomic mass is 10.2. The van der Waals surface area contributed by atoms with Crippen LogP contribution in [-0.2, 0) is 4.79 Å². The third-order valence-electron chi connectivity index (χ3n) is 3.72. The number of ether oxygens (including phenoxy) is 1. The summed E-state index contributed by atoms with van der Waals surface area (Å²) in [7, 11) is 1.59. The molecule has 0 radical (unpaired) electrons. The molecule has 1 saturated heterocycles. The van der Waals surface area contributed by atoms with E-state index in [1.54, 1.807) is 37.4 Å². The molecule has 142 valence electrons. The third kappa shape index (κ3) is 4.00. The maximum atomic E-state index is 12.1. The molecule has 0 N–H and O–H groups in total. The SMILES string of the molecule is CN1C(=O)/C(=C/c2cccc(Oc3ccc([N+](=O)[O-])cc3[N+](=O)[O-])c2)SC1=S. The number of carbonyl (C=O) groups excluding carboxylic acids is 1. The van der Waals surface area contributed by atoms with Crippen LogP contribution >= 0.6 is 24.0 Å². The Bertz CT molecular complexity index is 1050. The number of carbonyl (C=O) groups is 1. The molecular formula is C17H11N3O6S2. The number of hydrogen-bond donors (Lipinski definition) is 0. The van der Waals surface area contributed by atoms with Gasteiger partial charge in [-0.25, -0.2) is 0 Å². The van der Waals surface area contributed by atoms with Crippen molar-refractivity contribution in [2.24, 2.45) is 0 Å². The molecule has 1 heterocycles. The van der Waals surface area contributed by atoms with Crippen molar-refractivity contribution < 1.29 is 19.4 Å². The molecule has 11 heteroatoms. The van der Waals surface area contributed by atoms with Crippen LogP contribution in [0.2, 0.25) is 0 Å². The van der Waals surface area contributed by atoms with Crippen molar-refractivity contribution in [1.82, 2.24) is 4.90 Å². The van der Waals surface area contributed by atoms with Gasteiger partial charge in [0.1, 0.15) is 10.1 Å². The van der Waals surface area contributed by atoms with E-state index in [2.05, 4.69) is 0 Å². The maximum absolute atomic E-state index is 12.1. The van der Waals surface area contributed by atoms with Gasteiger partial charge in [-0.1, -0.05) is 36.1 Å². The zero-order valence-electron chi connectivity index (χ0n) is 14.2. The fourth-order valence-corrected chi connectivity index (χ4v) is 3.52. The zero-order chi connectivity index (χ0) is 20.4. The number of thiocarbonyl (C=S) groups is 1. The largest absolute Gasteiger partial charge is 0.450 e. The van der Waals surface area contributed by atoms with Crippen LogP contribution in [0.5, 0.6) is 11.5 Å². The summed E-state index contributed by atoms with van der Waals surface area (Å²) in [6, 6.07) is 9.70. The van der Waals surface area contributed by atoms with Gasteiger partial charge in [0.25, 0.3) is 11.6 Å². The quantitative estimate of drug-likeness (QED) is 0.309. The first kappa shape index (κ1) is 19.5. The average Bonchev–Trinajstić information content (AvgIpc) is 2.89. The highest BCUT2D eigenvalue weighted by atomic mass is 32.2. The average molecular weight is 417 g/mol. The number of thioether (sulfide) groups is 1. The minimum absolute atomic E-state index is 0.132. The van der Waals surface area contributed by atoms with Crippen LogP contribution in [0, 0.1) is 20.2 Å². The molecule has 0 saturated carbocycles. The number of amides is 1. The normalized spacial score (nSPS) is 15.2. The fourth-order valence-electron chi connectivity index (χ4n) is 2.34. The van der Waals surface area contributed by atoms with E-state index in [1.165, 1.54) is 22.7 Å². The number of nitro benzene ring substituents is 2. The molecule has 0 aliphatic carbocycles. The number of nitro groups is 2. The van der Waals surface area contributed by atoms with Crippen molar-refractivity contribution in [2.75, 3.05) is 7.05 Å². The van der Waals surface area contributed by atoms with Gasteiger partial charge in [0.15, 0.2) is 0 Å². The van der Waals surface area contributed by atoms with Gasteiger partial charge in [-0.05, 0) is 29.8 Å². The number of hydrogen-bond acceptors (Lipinski definition) is 8. The topological polar surface area (TPSA) is 116 Å². The Hall–Kier alpha value is -3.31. The van der Waals surface area contributed by atoms with Crippen LogP contribution in [0.25, 0.3) is 6.08 Å². The molecule has 9 nitrogen and oxygen atoms in total. The van der Waals surface area contributed by atoms with Crippen LogP contribution in [0.15, 0.2) is 47.4 Å². The first-order chi connectivity index (χ1) is 13.3. The Morgan fingerprint density at radius 2 is 1.89 bits per heavy atom. The van der Waals surface area contributed by atoms with E-state index in [-0.39, 0.29) is 17.4 Å². The highest BCUT2D eigenvalue weighted by Crippen LogP contribution is 2.35. The van der Waals surface area contributed by atoms with Crippen molar-refractivity contribution in [3.05, 3.63) is 73.2 Å². The highest BCUT2D eigenvalue weighted by molar-refractivity contribution is 8.26. The summed E-state index contributed by atoms with van der Waals surface area (Å²) < 4.78 is 6.01. The molecular weight excluding hydrogens is 406 g/mol. The van der Waals surface area contributed by atoms with E-state index in [0.29, 0.717) is 14.8 Å². The molecule has 0 spiro atoms. The summed E-state index contributed by atoms with van der Waals surface area (Å²) in [5.41, 5.74) is -0.295. The minimum Gasteiger partial charge on any atom is -0.450 e. The molecule has 1 aliphatic heterocycles. The standard InChI is InChI=1S/C17H11N3O6S2/c1-18-16(21)15(28-17(18)27)8-10-3-2-4-12(7-10)26-14-6-5-11(19(22)23)9-13(14)20(24)25/h2-9H,1H3/b15-8-. The third-order valence-corrected chi connectivity index (χ3v) is 5.20. The van der Waals surface area contributed by atoms with E-state index >= 15 is 0 Å². The first-order valence-electron chi connectivity index (χ1n) is 7.68. The lowest BCUT2D eigenvalue weighted by Gasteiger charge is -2.07. The Morgan fingerprint density at radius 1 is 1.14 bits per heavy atom. The number of benzene rings is 2. The first-order valence-corrected chi connectivity index (χ1v) is 8.91. The number of non-ortho nitro benzene ring substituents is 1. The van der Waals surface area contributed by atoms with Gasteiger partial charge in [-0.2, -0.15) is 0 Å². The maximum Gasteiger partial charge on any atom is 0.318 e. The number of rotatable bonds is 5. The molecule has 1 amide bonds. The molecule has 0 bridgehead atoms. The summed E-state index contributed by atoms with van der Waals surface area (Å²) in [5.74, 6) is -0.0716. The van der Waals surface area contributed by atoms with Gasteiger partial charge in [0.05, 0.1) is 20.8 Å². The molecule has 0 atom stereocenters. The van der Waals surface area contributed by atoms with E-state index in [0.717, 1.165) is 12.1 Å². The fraction of sp³-hybridized carbons (Fsp3) is 0.0588. The van der Waals surface area contributed by atoms with Gasteiger partial charge >= 0.3 is 5.69 Å². The molecule has 0 unspecified atom stereocenters. The van der Waals surface area contributed by atoms with Crippen LogP contribution in [-0.4, -0.2) is 32.0 Å². The summed E-state index contributed by atoms with van der Waals surface area (Å²) in [5, 5.41) is 22.0. The van der Waals surface area contributed by atoms with E-state index in [1.807, 2.05) is 0 Å². The highest BCUT2D eigenvalue weighted by Gasteiger charge is 2.28. The van der Waals surface area contributed by atoms with Crippen LogP contribution in [0.4, 0.5) is 11.4 Å². The summed E-state index contributed by atoms with van der Waals surface area (Å²) in [4.78, 5) is 34.5. The Balaban J connectivity index is 1.90. The lowest BCUT2D eigenvalue weighted by Crippen LogP contribution is -2.22. The molecule has 28 heavy (non-hydrogen) atoms. The number of likely N-dealkylation sites (N-methyl/N-ethyl adjacent to an activating group) is 1. The summed E-state index contributed by atoms with van der Waals surface area (Å²) >= 11 is 6.25. The lowest BCUT2D eigenvalue weighted by molar-refractivity contribution is -0.394. The molecule has 2 aromatic carbocycles. The second-order valence-corrected chi connectivity index (χ2v) is 7.26. The molecule has 1 aliphatic rings. The zero-order valence-corrected chi connectivity index (χ0v) is 15.9. The van der Waals surface area contributed by atoms with Gasteiger partial charge in [-0.15, -0.1) is 0 Å². The van der Waals surface area contributed by atoms with Crippen LogP contribution < -0.4 is 4.74 Å². The van der Waals surface area contributed by atoms with Gasteiger partial charge < -0.3 is 4.74 Å². The van der Waals surface area contributed by atoms with Crippen LogP contribution in [0.3, 0.4) is 0 Å². The monoisotopic (exact) mass is 417 g/mol. The summed E-state index contributed by atoms with van der Waals surface area (Å²) in [6.07, 6.45) is 1.64. The smallest absolute Gasteiger partial charge is 0.318 e. The van der Waals surface area contributed by atoms with E-state index < -0.39 is 21.2 Å². The van der Waals surface area contributed by atoms with Crippen molar-refractivity contribution >= 4 is 51.7 Å². The van der Waals surface area contributed by atoms with Crippen molar-refractivity contribution in [1.29, 1.82) is 0 Å². The molecule has 3 rings (SSSR count). The van der Waals surface area contributed by atoms with Crippen molar-refractivity contribution in [2.45, 2.75) is 0 Å². The van der Waals surface area contributed by atoms with E-state index in [9.17, 15) is 25.0 Å². The number of nitrogens with zero attached hydrogens (tertiary/aromatic N) is 3. The van der Waals surface area contributed by atoms with Gasteiger partial charge in [-0.3, -0.25) is 29.9 Å². The van der Waals surface area contributed by atoms with Crippen molar-refractivity contribution in [3.8, 4) is 11.5 Å². The Kier molecular flexibility index (Phi) is 5.38. The second-order valence-electron chi connectivity index (χ2n) is 5.58. The Labute approximate surface area is 167 Å². The van der Waals surface area contributed by atoms with Gasteiger partial charge in [0.2, 0.25) is 5.75 Å².